The van der Waals surface area contributed by atoms with Crippen LogP contribution in [0.5, 0.6) is 0 Å². The molecule has 0 spiro atoms. The van der Waals surface area contributed by atoms with Gasteiger partial charge in [-0.3, -0.25) is 0 Å². The molecule has 5 nitrogen and oxygen atoms in total. The van der Waals surface area contributed by atoms with Crippen LogP contribution in [0.2, 0.25) is 0 Å². The van der Waals surface area contributed by atoms with Crippen LogP contribution >= 0.6 is 0 Å². The standard InChI is InChI=1S/C52H32F3N5/c53-52(54,55)37-19-13-18-35(30-37)39-28-26-36(51-57-49(33-14-3-1-4-15-33)56-50(58-51)34-16-5-2-6-17-34)31-47(39)60-46-25-12-9-22-42(46)43-29-27-38(32-48(43)60)59-44-23-10-7-20-40(44)41-21-8-11-24-45(41)59/h1-32H. The fraction of sp³-hybridized carbons (Fsp3) is 0.0192. The number of para-hydroxylation sites is 3. The van der Waals surface area contributed by atoms with E-state index >= 15 is 0 Å². The van der Waals surface area contributed by atoms with E-state index in [1.807, 2.05) is 103 Å². The van der Waals surface area contributed by atoms with Gasteiger partial charge in [-0.25, -0.2) is 15.0 Å². The molecule has 8 heteroatoms. The molecule has 0 aliphatic carbocycles. The van der Waals surface area contributed by atoms with Gasteiger partial charge in [0.2, 0.25) is 0 Å². The fourth-order valence-corrected chi connectivity index (χ4v) is 8.46. The number of benzene rings is 8. The van der Waals surface area contributed by atoms with E-state index in [0.29, 0.717) is 39.9 Å². The van der Waals surface area contributed by atoms with Gasteiger partial charge in [0.25, 0.3) is 0 Å². The van der Waals surface area contributed by atoms with Crippen LogP contribution in [0.3, 0.4) is 0 Å². The van der Waals surface area contributed by atoms with Crippen LogP contribution in [0.1, 0.15) is 5.56 Å². The zero-order valence-electron chi connectivity index (χ0n) is 31.8. The lowest BCUT2D eigenvalue weighted by atomic mass is 9.98. The maximum atomic E-state index is 14.3. The Kier molecular flexibility index (Phi) is 8.20. The Labute approximate surface area is 342 Å². The van der Waals surface area contributed by atoms with Crippen molar-refractivity contribution in [3.63, 3.8) is 0 Å². The minimum absolute atomic E-state index is 0.432. The van der Waals surface area contributed by atoms with Gasteiger partial charge in [-0.05, 0) is 54.1 Å². The van der Waals surface area contributed by atoms with E-state index in [9.17, 15) is 13.2 Å². The molecule has 0 fully saturated rings. The number of alkyl halides is 3. The third kappa shape index (κ3) is 5.91. The van der Waals surface area contributed by atoms with Crippen LogP contribution in [-0.4, -0.2) is 24.1 Å². The summed E-state index contributed by atoms with van der Waals surface area (Å²) in [6.07, 6.45) is -4.52. The molecule has 0 amide bonds. The molecule has 0 unspecified atom stereocenters. The number of hydrogen-bond donors (Lipinski definition) is 0. The van der Waals surface area contributed by atoms with Gasteiger partial charge in [-0.15, -0.1) is 0 Å². The van der Waals surface area contributed by atoms with Crippen molar-refractivity contribution >= 4 is 43.6 Å². The molecule has 0 atom stereocenters. The molecule has 0 aliphatic rings. The maximum absolute atomic E-state index is 14.3. The molecule has 11 rings (SSSR count). The molecule has 0 aliphatic heterocycles. The minimum Gasteiger partial charge on any atom is -0.309 e. The number of rotatable bonds is 6. The van der Waals surface area contributed by atoms with Crippen molar-refractivity contribution in [1.82, 2.24) is 24.1 Å². The molecular formula is C52H32F3N5. The normalized spacial score (nSPS) is 11.9. The summed E-state index contributed by atoms with van der Waals surface area (Å²) in [6.45, 7) is 0. The average molecular weight is 784 g/mol. The Bertz CT molecular complexity index is 3310. The highest BCUT2D eigenvalue weighted by Crippen LogP contribution is 2.41. The van der Waals surface area contributed by atoms with Gasteiger partial charge in [-0.1, -0.05) is 146 Å². The van der Waals surface area contributed by atoms with Gasteiger partial charge in [0.05, 0.1) is 33.3 Å². The Morgan fingerprint density at radius 2 is 0.833 bits per heavy atom. The number of hydrogen-bond acceptors (Lipinski definition) is 3. The molecule has 8 aromatic carbocycles. The van der Waals surface area contributed by atoms with Gasteiger partial charge in [-0.2, -0.15) is 13.2 Å². The van der Waals surface area contributed by atoms with E-state index in [0.717, 1.165) is 66.5 Å². The molecular weight excluding hydrogens is 752 g/mol. The highest BCUT2D eigenvalue weighted by Gasteiger charge is 2.31. The SMILES string of the molecule is FC(F)(F)c1cccc(-c2ccc(-c3nc(-c4ccccc4)nc(-c4ccccc4)n3)cc2-n2c3ccccc3c3ccc(-n4c5ccccc5c5ccccc54)cc32)c1. The second-order valence-corrected chi connectivity index (χ2v) is 14.8. The maximum Gasteiger partial charge on any atom is 0.416 e. The molecule has 0 bridgehead atoms. The number of aromatic nitrogens is 5. The summed E-state index contributed by atoms with van der Waals surface area (Å²) in [7, 11) is 0. The van der Waals surface area contributed by atoms with E-state index in [-0.39, 0.29) is 0 Å². The van der Waals surface area contributed by atoms with Crippen molar-refractivity contribution in [3.05, 3.63) is 200 Å². The third-order valence-corrected chi connectivity index (χ3v) is 11.2. The van der Waals surface area contributed by atoms with Crippen molar-refractivity contribution in [2.45, 2.75) is 6.18 Å². The second-order valence-electron chi connectivity index (χ2n) is 14.8. The Balaban J connectivity index is 1.21. The van der Waals surface area contributed by atoms with Crippen LogP contribution in [-0.2, 0) is 6.18 Å². The third-order valence-electron chi connectivity index (χ3n) is 11.2. The average Bonchev–Trinajstić information content (AvgIpc) is 3.81. The van der Waals surface area contributed by atoms with Crippen molar-refractivity contribution in [1.29, 1.82) is 0 Å². The van der Waals surface area contributed by atoms with E-state index in [4.69, 9.17) is 15.0 Å². The highest BCUT2D eigenvalue weighted by molar-refractivity contribution is 6.12. The zero-order chi connectivity index (χ0) is 40.4. The van der Waals surface area contributed by atoms with E-state index in [2.05, 4.69) is 75.9 Å². The van der Waals surface area contributed by atoms with Crippen LogP contribution < -0.4 is 0 Å². The predicted molar refractivity (Wildman–Crippen MR) is 235 cm³/mol. The lowest BCUT2D eigenvalue weighted by Crippen LogP contribution is -2.05. The quantitative estimate of drug-likeness (QED) is 0.169. The van der Waals surface area contributed by atoms with Crippen LogP contribution in [0.15, 0.2) is 194 Å². The van der Waals surface area contributed by atoms with Gasteiger partial charge in [0.1, 0.15) is 0 Å². The summed E-state index contributed by atoms with van der Waals surface area (Å²) in [4.78, 5) is 14.9. The molecule has 11 aromatic rings. The second kappa shape index (κ2) is 13.9. The molecule has 0 saturated heterocycles. The highest BCUT2D eigenvalue weighted by atomic mass is 19.4. The first-order valence-electron chi connectivity index (χ1n) is 19.6. The summed E-state index contributed by atoms with van der Waals surface area (Å²) in [5, 5.41) is 4.32. The fourth-order valence-electron chi connectivity index (χ4n) is 8.46. The van der Waals surface area contributed by atoms with Gasteiger partial charge in [0.15, 0.2) is 17.5 Å². The van der Waals surface area contributed by atoms with Crippen molar-refractivity contribution in [3.8, 4) is 56.7 Å². The van der Waals surface area contributed by atoms with Crippen LogP contribution in [0.25, 0.3) is 100 Å². The lowest BCUT2D eigenvalue weighted by Gasteiger charge is -2.18. The summed E-state index contributed by atoms with van der Waals surface area (Å²) in [6, 6.07) is 62.2. The zero-order valence-corrected chi connectivity index (χ0v) is 31.8. The summed E-state index contributed by atoms with van der Waals surface area (Å²) in [5.74, 6) is 1.46. The number of nitrogens with zero attached hydrogens (tertiary/aromatic N) is 5. The minimum atomic E-state index is -4.52. The monoisotopic (exact) mass is 783 g/mol. The van der Waals surface area contributed by atoms with E-state index in [1.165, 1.54) is 12.1 Å². The number of fused-ring (bicyclic) bond motifs is 6. The summed E-state index contributed by atoms with van der Waals surface area (Å²) < 4.78 is 47.3. The van der Waals surface area contributed by atoms with Crippen LogP contribution in [0, 0.1) is 0 Å². The van der Waals surface area contributed by atoms with Crippen molar-refractivity contribution < 1.29 is 13.2 Å². The molecule has 0 N–H and O–H groups in total. The first-order chi connectivity index (χ1) is 29.4. The number of halogens is 3. The van der Waals surface area contributed by atoms with Crippen molar-refractivity contribution in [2.24, 2.45) is 0 Å². The topological polar surface area (TPSA) is 48.5 Å². The van der Waals surface area contributed by atoms with Gasteiger partial charge >= 0.3 is 6.18 Å². The molecule has 60 heavy (non-hydrogen) atoms. The largest absolute Gasteiger partial charge is 0.416 e. The van der Waals surface area contributed by atoms with E-state index < -0.39 is 11.7 Å². The molecule has 0 radical (unpaired) electrons. The Hall–Kier alpha value is -7.84. The lowest BCUT2D eigenvalue weighted by molar-refractivity contribution is -0.137. The van der Waals surface area contributed by atoms with Gasteiger partial charge < -0.3 is 9.13 Å². The molecule has 3 heterocycles. The first kappa shape index (κ1) is 35.3. The molecule has 286 valence electrons. The first-order valence-corrected chi connectivity index (χ1v) is 19.6. The Morgan fingerprint density at radius 1 is 0.350 bits per heavy atom. The van der Waals surface area contributed by atoms with E-state index in [1.54, 1.807) is 6.07 Å². The van der Waals surface area contributed by atoms with Gasteiger partial charge in [0, 0.05) is 49.5 Å². The predicted octanol–water partition coefficient (Wildman–Crippen LogP) is 13.8. The summed E-state index contributed by atoms with van der Waals surface area (Å²) >= 11 is 0. The summed E-state index contributed by atoms with van der Waals surface area (Å²) in [5.41, 5.74) is 8.27. The smallest absolute Gasteiger partial charge is 0.309 e. The molecule has 0 saturated carbocycles. The van der Waals surface area contributed by atoms with Crippen molar-refractivity contribution in [2.75, 3.05) is 0 Å². The molecule has 3 aromatic heterocycles. The van der Waals surface area contributed by atoms with Crippen LogP contribution in [0.4, 0.5) is 13.2 Å². The Morgan fingerprint density at radius 3 is 1.40 bits per heavy atom.